The Morgan fingerprint density at radius 3 is 2.56 bits per heavy atom. The number of hydrogen-bond acceptors (Lipinski definition) is 5. The molecule has 0 aromatic rings. The second-order valence-corrected chi connectivity index (χ2v) is 8.96. The first-order valence-electron chi connectivity index (χ1n) is 8.75. The Hall–Kier alpha value is -0.130. The smallest absolute Gasteiger partial charge is 0.191 e. The van der Waals surface area contributed by atoms with E-state index in [0.29, 0.717) is 30.7 Å². The molecule has 2 atom stereocenters. The second-order valence-electron chi connectivity index (χ2n) is 6.70. The molecule has 0 aromatic heterocycles. The predicted octanol–water partition coefficient (Wildman–Crippen LogP) is 1.18. The van der Waals surface area contributed by atoms with Gasteiger partial charge < -0.3 is 20.1 Å². The van der Waals surface area contributed by atoms with Crippen molar-refractivity contribution < 1.29 is 17.9 Å². The van der Waals surface area contributed by atoms with Gasteiger partial charge in [-0.05, 0) is 26.2 Å². The summed E-state index contributed by atoms with van der Waals surface area (Å²) in [7, 11) is -1.20. The summed E-state index contributed by atoms with van der Waals surface area (Å²) >= 11 is 0. The molecule has 25 heavy (non-hydrogen) atoms. The molecular formula is C16H32IN3O4S. The molecule has 2 rings (SSSR count). The standard InChI is InChI=1S/C16H31N3O4S.HI/c1-4-23-14-12-13(16(14)6-5-7-16)19-15(17-2)18-8-9-22-10-11-24(3,20)21;/h13-14H,4-12H2,1-3H3,(H2,17,18,19);1H. The summed E-state index contributed by atoms with van der Waals surface area (Å²) in [5.41, 5.74) is 0.291. The van der Waals surface area contributed by atoms with Gasteiger partial charge in [0.25, 0.3) is 0 Å². The maximum absolute atomic E-state index is 11.0. The summed E-state index contributed by atoms with van der Waals surface area (Å²) < 4.78 is 33.2. The highest BCUT2D eigenvalue weighted by Gasteiger charge is 2.59. The zero-order valence-corrected chi connectivity index (χ0v) is 18.6. The van der Waals surface area contributed by atoms with Crippen molar-refractivity contribution >= 4 is 39.8 Å². The number of aliphatic imine (C=N–C) groups is 1. The first kappa shape index (κ1) is 22.9. The van der Waals surface area contributed by atoms with E-state index in [1.165, 1.54) is 25.5 Å². The van der Waals surface area contributed by atoms with E-state index >= 15 is 0 Å². The lowest BCUT2D eigenvalue weighted by atomic mass is 9.51. The van der Waals surface area contributed by atoms with Crippen molar-refractivity contribution in [1.29, 1.82) is 0 Å². The number of guanidine groups is 1. The third-order valence-electron chi connectivity index (χ3n) is 5.11. The van der Waals surface area contributed by atoms with E-state index in [9.17, 15) is 8.42 Å². The van der Waals surface area contributed by atoms with Gasteiger partial charge in [-0.15, -0.1) is 24.0 Å². The van der Waals surface area contributed by atoms with Gasteiger partial charge in [0.2, 0.25) is 0 Å². The molecule has 0 aliphatic heterocycles. The first-order valence-corrected chi connectivity index (χ1v) is 10.8. The Kier molecular flexibility index (Phi) is 9.41. The molecule has 1 spiro atoms. The molecule has 2 aliphatic rings. The Morgan fingerprint density at radius 2 is 2.04 bits per heavy atom. The van der Waals surface area contributed by atoms with Crippen LogP contribution in [0.4, 0.5) is 0 Å². The molecule has 0 heterocycles. The highest BCUT2D eigenvalue weighted by atomic mass is 127. The van der Waals surface area contributed by atoms with Crippen LogP contribution in [0.1, 0.15) is 32.6 Å². The van der Waals surface area contributed by atoms with E-state index in [0.717, 1.165) is 19.0 Å². The molecule has 2 unspecified atom stereocenters. The van der Waals surface area contributed by atoms with Gasteiger partial charge in [-0.2, -0.15) is 0 Å². The van der Waals surface area contributed by atoms with Crippen LogP contribution in [0.5, 0.6) is 0 Å². The lowest BCUT2D eigenvalue weighted by molar-refractivity contribution is -0.168. The average molecular weight is 489 g/mol. The number of hydrogen-bond donors (Lipinski definition) is 2. The van der Waals surface area contributed by atoms with Crippen molar-refractivity contribution in [2.75, 3.05) is 45.4 Å². The van der Waals surface area contributed by atoms with Crippen LogP contribution in [0.3, 0.4) is 0 Å². The van der Waals surface area contributed by atoms with Gasteiger partial charge in [0.1, 0.15) is 9.84 Å². The van der Waals surface area contributed by atoms with Crippen molar-refractivity contribution in [3.05, 3.63) is 0 Å². The summed E-state index contributed by atoms with van der Waals surface area (Å²) in [6.07, 6.45) is 6.35. The average Bonchev–Trinajstić information content (AvgIpc) is 2.44. The van der Waals surface area contributed by atoms with Crippen molar-refractivity contribution in [3.8, 4) is 0 Å². The van der Waals surface area contributed by atoms with Gasteiger partial charge in [0.15, 0.2) is 5.96 Å². The van der Waals surface area contributed by atoms with Crippen LogP contribution in [0.15, 0.2) is 4.99 Å². The summed E-state index contributed by atoms with van der Waals surface area (Å²) in [5, 5.41) is 6.73. The summed E-state index contributed by atoms with van der Waals surface area (Å²) in [6.45, 7) is 4.11. The zero-order valence-electron chi connectivity index (χ0n) is 15.4. The summed E-state index contributed by atoms with van der Waals surface area (Å²) in [6, 6.07) is 0.417. The van der Waals surface area contributed by atoms with E-state index in [-0.39, 0.29) is 36.3 Å². The van der Waals surface area contributed by atoms with Crippen LogP contribution in [-0.2, 0) is 19.3 Å². The van der Waals surface area contributed by atoms with E-state index in [4.69, 9.17) is 9.47 Å². The molecule has 7 nitrogen and oxygen atoms in total. The largest absolute Gasteiger partial charge is 0.379 e. The zero-order chi connectivity index (χ0) is 17.6. The third-order valence-corrected chi connectivity index (χ3v) is 6.02. The van der Waals surface area contributed by atoms with Crippen molar-refractivity contribution in [3.63, 3.8) is 0 Å². The van der Waals surface area contributed by atoms with Crippen molar-refractivity contribution in [2.24, 2.45) is 10.4 Å². The van der Waals surface area contributed by atoms with Gasteiger partial charge in [-0.3, -0.25) is 4.99 Å². The molecule has 2 N–H and O–H groups in total. The molecule has 148 valence electrons. The van der Waals surface area contributed by atoms with E-state index < -0.39 is 9.84 Å². The molecule has 2 fully saturated rings. The number of rotatable bonds is 9. The van der Waals surface area contributed by atoms with E-state index in [1.54, 1.807) is 7.05 Å². The molecule has 9 heteroatoms. The van der Waals surface area contributed by atoms with Gasteiger partial charge in [0.05, 0.1) is 25.1 Å². The van der Waals surface area contributed by atoms with Gasteiger partial charge in [0, 0.05) is 37.9 Å². The number of nitrogens with one attached hydrogen (secondary N) is 2. The number of halogens is 1. The number of nitrogens with zero attached hydrogens (tertiary/aromatic N) is 1. The summed E-state index contributed by atoms with van der Waals surface area (Å²) in [4.78, 5) is 4.26. The molecule has 0 bridgehead atoms. The molecule has 0 amide bonds. The maximum atomic E-state index is 11.0. The Balaban J connectivity index is 0.00000312. The fourth-order valence-corrected chi connectivity index (χ4v) is 3.97. The minimum Gasteiger partial charge on any atom is -0.379 e. The Morgan fingerprint density at radius 1 is 1.32 bits per heavy atom. The van der Waals surface area contributed by atoms with Crippen LogP contribution < -0.4 is 10.6 Å². The molecule has 0 aromatic carbocycles. The second kappa shape index (κ2) is 10.3. The lowest BCUT2D eigenvalue weighted by Crippen LogP contribution is -2.68. The number of ether oxygens (including phenoxy) is 2. The molecule has 2 saturated carbocycles. The minimum atomic E-state index is -2.96. The van der Waals surface area contributed by atoms with E-state index in [1.807, 2.05) is 0 Å². The highest BCUT2D eigenvalue weighted by Crippen LogP contribution is 2.57. The Bertz CT molecular complexity index is 537. The lowest BCUT2D eigenvalue weighted by Gasteiger charge is -2.61. The van der Waals surface area contributed by atoms with Crippen LogP contribution in [0, 0.1) is 5.41 Å². The van der Waals surface area contributed by atoms with E-state index in [2.05, 4.69) is 22.5 Å². The molecule has 2 aliphatic carbocycles. The van der Waals surface area contributed by atoms with Crippen LogP contribution >= 0.6 is 24.0 Å². The monoisotopic (exact) mass is 489 g/mol. The Labute approximate surface area is 168 Å². The molecular weight excluding hydrogens is 457 g/mol. The quantitative estimate of drug-likeness (QED) is 0.219. The first-order chi connectivity index (χ1) is 11.4. The van der Waals surface area contributed by atoms with Gasteiger partial charge in [-0.1, -0.05) is 6.42 Å². The fraction of sp³-hybridized carbons (Fsp3) is 0.938. The molecule has 0 radical (unpaired) electrons. The maximum Gasteiger partial charge on any atom is 0.191 e. The topological polar surface area (TPSA) is 89.0 Å². The van der Waals surface area contributed by atoms with Crippen molar-refractivity contribution in [2.45, 2.75) is 44.8 Å². The third kappa shape index (κ3) is 6.21. The van der Waals surface area contributed by atoms with Crippen LogP contribution in [0.2, 0.25) is 0 Å². The highest BCUT2D eigenvalue weighted by molar-refractivity contribution is 14.0. The van der Waals surface area contributed by atoms with Gasteiger partial charge in [-0.25, -0.2) is 8.42 Å². The van der Waals surface area contributed by atoms with Gasteiger partial charge >= 0.3 is 0 Å². The fourth-order valence-electron chi connectivity index (χ4n) is 3.55. The minimum absolute atomic E-state index is 0. The molecule has 0 saturated heterocycles. The van der Waals surface area contributed by atoms with Crippen molar-refractivity contribution in [1.82, 2.24) is 10.6 Å². The van der Waals surface area contributed by atoms with Crippen LogP contribution in [0.25, 0.3) is 0 Å². The SMILES string of the molecule is CCOC1CC(NC(=NC)NCCOCCS(C)(=O)=O)C12CCC2.I. The predicted molar refractivity (Wildman–Crippen MR) is 111 cm³/mol. The van der Waals surface area contributed by atoms with Crippen LogP contribution in [-0.4, -0.2) is 71.9 Å². The number of sulfone groups is 1. The summed E-state index contributed by atoms with van der Waals surface area (Å²) in [5.74, 6) is 0.830. The normalized spacial score (nSPS) is 24.8.